The molecule has 0 N–H and O–H groups in total. The van der Waals surface area contributed by atoms with Gasteiger partial charge in [0.1, 0.15) is 10.6 Å². The number of hydrogen-bond acceptors (Lipinski definition) is 6. The fourth-order valence-electron chi connectivity index (χ4n) is 1.69. The molecule has 2 aromatic carbocycles. The van der Waals surface area contributed by atoms with Crippen molar-refractivity contribution in [1.82, 2.24) is 0 Å². The molecule has 0 radical (unpaired) electrons. The lowest BCUT2D eigenvalue weighted by molar-refractivity contribution is 0.0600. The maximum Gasteiger partial charge on any atom is 0.339 e. The lowest BCUT2D eigenvalue weighted by Gasteiger charge is -2.08. The van der Waals surface area contributed by atoms with Crippen LogP contribution in [0.4, 0.5) is 0 Å². The third-order valence-corrected chi connectivity index (χ3v) is 3.96. The molecule has 0 spiro atoms. The van der Waals surface area contributed by atoms with E-state index < -0.39 is 16.1 Å². The molecule has 0 fully saturated rings. The molecule has 0 aromatic heterocycles. The molecule has 0 heterocycles. The molecule has 0 saturated carbocycles. The number of ether oxygens (including phenoxy) is 1. The molecule has 2 rings (SSSR count). The molecule has 0 atom stereocenters. The summed E-state index contributed by atoms with van der Waals surface area (Å²) < 4.78 is 33.9. The topological polar surface area (TPSA) is 93.5 Å². The van der Waals surface area contributed by atoms with E-state index in [9.17, 15) is 13.2 Å². The van der Waals surface area contributed by atoms with E-state index >= 15 is 0 Å². The fourth-order valence-corrected chi connectivity index (χ4v) is 2.66. The zero-order valence-corrected chi connectivity index (χ0v) is 12.3. The number of benzene rings is 2. The number of carbonyl (C=O) groups is 1. The first-order valence-electron chi connectivity index (χ1n) is 6.09. The maximum absolute atomic E-state index is 12.2. The monoisotopic (exact) mass is 317 g/mol. The third-order valence-electron chi connectivity index (χ3n) is 2.71. The summed E-state index contributed by atoms with van der Waals surface area (Å²) in [6.07, 6.45) is 0. The Morgan fingerprint density at radius 3 is 2.55 bits per heavy atom. The van der Waals surface area contributed by atoms with Crippen molar-refractivity contribution in [3.05, 3.63) is 59.7 Å². The van der Waals surface area contributed by atoms with Gasteiger partial charge in [-0.05, 0) is 36.4 Å². The molecule has 112 valence electrons. The van der Waals surface area contributed by atoms with Crippen molar-refractivity contribution < 1.29 is 22.1 Å². The van der Waals surface area contributed by atoms with Crippen LogP contribution in [-0.2, 0) is 14.9 Å². The molecule has 0 bridgehead atoms. The van der Waals surface area contributed by atoms with Gasteiger partial charge in [-0.15, -0.1) is 0 Å². The van der Waals surface area contributed by atoms with E-state index in [1.807, 2.05) is 6.07 Å². The van der Waals surface area contributed by atoms with Gasteiger partial charge < -0.3 is 8.92 Å². The molecule has 0 unspecified atom stereocenters. The zero-order chi connectivity index (χ0) is 16.2. The van der Waals surface area contributed by atoms with E-state index in [1.54, 1.807) is 0 Å². The van der Waals surface area contributed by atoms with Gasteiger partial charge in [0.2, 0.25) is 0 Å². The van der Waals surface area contributed by atoms with Gasteiger partial charge in [0, 0.05) is 0 Å². The van der Waals surface area contributed by atoms with Gasteiger partial charge >= 0.3 is 16.1 Å². The van der Waals surface area contributed by atoms with Crippen LogP contribution in [0.15, 0.2) is 53.4 Å². The summed E-state index contributed by atoms with van der Waals surface area (Å²) in [6.45, 7) is 0. The molecule has 0 saturated heterocycles. The number of esters is 1. The molecule has 0 amide bonds. The number of nitrogens with zero attached hydrogens (tertiary/aromatic N) is 1. The summed E-state index contributed by atoms with van der Waals surface area (Å²) in [5, 5.41) is 8.81. The minimum absolute atomic E-state index is 0.0229. The van der Waals surface area contributed by atoms with Gasteiger partial charge in [0.05, 0.1) is 24.3 Å². The molecule has 2 aromatic rings. The van der Waals surface area contributed by atoms with E-state index in [2.05, 4.69) is 4.74 Å². The Hall–Kier alpha value is -2.85. The first-order valence-corrected chi connectivity index (χ1v) is 7.50. The van der Waals surface area contributed by atoms with Gasteiger partial charge in [-0.1, -0.05) is 12.1 Å². The predicted octanol–water partition coefficient (Wildman–Crippen LogP) is 2.11. The van der Waals surface area contributed by atoms with Crippen molar-refractivity contribution in [2.45, 2.75) is 4.90 Å². The number of hydrogen-bond donors (Lipinski definition) is 0. The van der Waals surface area contributed by atoms with Crippen molar-refractivity contribution in [3.63, 3.8) is 0 Å². The Labute approximate surface area is 127 Å². The SMILES string of the molecule is COC(=O)c1cccc(OS(=O)(=O)c2cccc(C#N)c2)c1. The Morgan fingerprint density at radius 1 is 1.14 bits per heavy atom. The van der Waals surface area contributed by atoms with Crippen molar-refractivity contribution in [3.8, 4) is 11.8 Å². The normalized spacial score (nSPS) is 10.5. The zero-order valence-electron chi connectivity index (χ0n) is 11.5. The van der Waals surface area contributed by atoms with Crippen LogP contribution in [0.1, 0.15) is 15.9 Å². The Balaban J connectivity index is 2.33. The molecular weight excluding hydrogens is 306 g/mol. The summed E-state index contributed by atoms with van der Waals surface area (Å²) in [7, 11) is -2.88. The maximum atomic E-state index is 12.2. The second-order valence-corrected chi connectivity index (χ2v) is 5.74. The summed E-state index contributed by atoms with van der Waals surface area (Å²) in [4.78, 5) is 11.3. The summed E-state index contributed by atoms with van der Waals surface area (Å²) in [6, 6.07) is 12.9. The lowest BCUT2D eigenvalue weighted by Crippen LogP contribution is -2.10. The van der Waals surface area contributed by atoms with Crippen LogP contribution in [0.2, 0.25) is 0 Å². The van der Waals surface area contributed by atoms with Crippen LogP contribution >= 0.6 is 0 Å². The average Bonchev–Trinajstić information content (AvgIpc) is 2.54. The van der Waals surface area contributed by atoms with Gasteiger partial charge in [-0.3, -0.25) is 0 Å². The van der Waals surface area contributed by atoms with E-state index in [4.69, 9.17) is 9.44 Å². The van der Waals surface area contributed by atoms with Gasteiger partial charge in [-0.2, -0.15) is 13.7 Å². The second-order valence-electron chi connectivity index (χ2n) is 4.20. The van der Waals surface area contributed by atoms with Crippen LogP contribution in [0, 0.1) is 11.3 Å². The highest BCUT2D eigenvalue weighted by Crippen LogP contribution is 2.20. The average molecular weight is 317 g/mol. The molecule has 7 heteroatoms. The van der Waals surface area contributed by atoms with E-state index in [1.165, 1.54) is 55.6 Å². The van der Waals surface area contributed by atoms with Crippen LogP contribution in [-0.4, -0.2) is 21.5 Å². The van der Waals surface area contributed by atoms with Crippen LogP contribution in [0.5, 0.6) is 5.75 Å². The Morgan fingerprint density at radius 2 is 1.86 bits per heavy atom. The molecular formula is C15H11NO5S. The minimum Gasteiger partial charge on any atom is -0.465 e. The minimum atomic E-state index is -4.10. The fraction of sp³-hybridized carbons (Fsp3) is 0.0667. The molecule has 22 heavy (non-hydrogen) atoms. The molecule has 0 aliphatic carbocycles. The van der Waals surface area contributed by atoms with Crippen molar-refractivity contribution in [1.29, 1.82) is 5.26 Å². The van der Waals surface area contributed by atoms with Crippen LogP contribution < -0.4 is 4.18 Å². The number of nitriles is 1. The highest BCUT2D eigenvalue weighted by molar-refractivity contribution is 7.87. The smallest absolute Gasteiger partial charge is 0.339 e. The molecule has 6 nitrogen and oxygen atoms in total. The van der Waals surface area contributed by atoms with Gasteiger partial charge in [0.25, 0.3) is 0 Å². The summed E-state index contributed by atoms with van der Waals surface area (Å²) >= 11 is 0. The number of carbonyl (C=O) groups excluding carboxylic acids is 1. The van der Waals surface area contributed by atoms with E-state index in [0.29, 0.717) is 0 Å². The Kier molecular flexibility index (Phi) is 4.44. The van der Waals surface area contributed by atoms with Crippen LogP contribution in [0.25, 0.3) is 0 Å². The van der Waals surface area contributed by atoms with E-state index in [0.717, 1.165) is 0 Å². The second kappa shape index (κ2) is 6.28. The standard InChI is InChI=1S/C15H11NO5S/c1-20-15(17)12-5-3-6-13(9-12)21-22(18,19)14-7-2-4-11(8-14)10-16/h2-9H,1H3. The van der Waals surface area contributed by atoms with E-state index in [-0.39, 0.29) is 21.8 Å². The third kappa shape index (κ3) is 3.42. The highest BCUT2D eigenvalue weighted by Gasteiger charge is 2.18. The largest absolute Gasteiger partial charge is 0.465 e. The predicted molar refractivity (Wildman–Crippen MR) is 76.8 cm³/mol. The molecule has 0 aliphatic rings. The lowest BCUT2D eigenvalue weighted by atomic mass is 10.2. The van der Waals surface area contributed by atoms with Gasteiger partial charge in [-0.25, -0.2) is 4.79 Å². The van der Waals surface area contributed by atoms with Crippen molar-refractivity contribution >= 4 is 16.1 Å². The summed E-state index contributed by atoms with van der Waals surface area (Å²) in [5.41, 5.74) is 0.369. The van der Waals surface area contributed by atoms with Crippen molar-refractivity contribution in [2.75, 3.05) is 7.11 Å². The number of methoxy groups -OCH3 is 1. The first kappa shape index (κ1) is 15.5. The van der Waals surface area contributed by atoms with Crippen LogP contribution in [0.3, 0.4) is 0 Å². The quantitative estimate of drug-likeness (QED) is 0.633. The Bertz CT molecular complexity index is 852. The molecule has 0 aliphatic heterocycles. The summed E-state index contributed by atoms with van der Waals surface area (Å²) in [5.74, 6) is -0.625. The number of rotatable bonds is 4. The van der Waals surface area contributed by atoms with Crippen molar-refractivity contribution in [2.24, 2.45) is 0 Å². The van der Waals surface area contributed by atoms with Gasteiger partial charge in [0.15, 0.2) is 0 Å². The first-order chi connectivity index (χ1) is 10.5. The highest BCUT2D eigenvalue weighted by atomic mass is 32.2.